The van der Waals surface area contributed by atoms with Crippen molar-refractivity contribution in [3.8, 4) is 34.1 Å². The third kappa shape index (κ3) is 1.83. The molecular formula is C18H20O4. The number of phenols is 2. The van der Waals surface area contributed by atoms with Crippen molar-refractivity contribution in [3.63, 3.8) is 0 Å². The average molecular weight is 300 g/mol. The first-order chi connectivity index (χ1) is 10.5. The predicted octanol–water partition coefficient (Wildman–Crippen LogP) is 3.50. The van der Waals surface area contributed by atoms with Gasteiger partial charge in [-0.2, -0.15) is 0 Å². The van der Waals surface area contributed by atoms with Crippen LogP contribution in [0.15, 0.2) is 12.1 Å². The van der Waals surface area contributed by atoms with Crippen molar-refractivity contribution in [1.29, 1.82) is 0 Å². The Kier molecular flexibility index (Phi) is 3.39. The first-order valence-electron chi connectivity index (χ1n) is 7.29. The molecule has 0 fully saturated rings. The van der Waals surface area contributed by atoms with Gasteiger partial charge in [0.2, 0.25) is 0 Å². The van der Waals surface area contributed by atoms with E-state index in [0.717, 1.165) is 46.2 Å². The number of hydrogen-bond acceptors (Lipinski definition) is 4. The Bertz CT molecular complexity index is 739. The summed E-state index contributed by atoms with van der Waals surface area (Å²) < 4.78 is 11.0. The summed E-state index contributed by atoms with van der Waals surface area (Å²) in [5.41, 5.74) is 5.71. The molecule has 0 aliphatic heterocycles. The molecule has 1 aliphatic rings. The number of phenolic OH excluding ortho intramolecular Hbond substituents is 2. The van der Waals surface area contributed by atoms with Gasteiger partial charge in [0.15, 0.2) is 11.5 Å². The molecule has 0 saturated heterocycles. The van der Waals surface area contributed by atoms with Gasteiger partial charge >= 0.3 is 0 Å². The summed E-state index contributed by atoms with van der Waals surface area (Å²) in [6.07, 6.45) is 1.53. The van der Waals surface area contributed by atoms with Crippen LogP contribution < -0.4 is 9.47 Å². The molecule has 2 N–H and O–H groups in total. The van der Waals surface area contributed by atoms with Crippen molar-refractivity contribution < 1.29 is 19.7 Å². The fraction of sp³-hybridized carbons (Fsp3) is 0.333. The fourth-order valence-electron chi connectivity index (χ4n) is 3.47. The summed E-state index contributed by atoms with van der Waals surface area (Å²) in [7, 11) is 3.18. The number of aromatic hydroxyl groups is 2. The van der Waals surface area contributed by atoms with Crippen LogP contribution in [0.4, 0.5) is 0 Å². The Morgan fingerprint density at radius 3 is 2.14 bits per heavy atom. The lowest BCUT2D eigenvalue weighted by molar-refractivity contribution is 0.369. The van der Waals surface area contributed by atoms with Crippen molar-refractivity contribution in [2.75, 3.05) is 14.2 Å². The van der Waals surface area contributed by atoms with Crippen molar-refractivity contribution >= 4 is 0 Å². The number of methoxy groups -OCH3 is 2. The number of fused-ring (bicyclic) bond motifs is 3. The molecule has 0 saturated carbocycles. The van der Waals surface area contributed by atoms with Crippen LogP contribution in [0, 0.1) is 13.8 Å². The average Bonchev–Trinajstić information content (AvgIpc) is 2.52. The van der Waals surface area contributed by atoms with Gasteiger partial charge in [0.25, 0.3) is 0 Å². The van der Waals surface area contributed by atoms with Crippen LogP contribution >= 0.6 is 0 Å². The van der Waals surface area contributed by atoms with Crippen LogP contribution in [0.1, 0.15) is 22.3 Å². The van der Waals surface area contributed by atoms with Crippen LogP contribution in [-0.4, -0.2) is 24.4 Å². The minimum atomic E-state index is 0.149. The van der Waals surface area contributed by atoms with Gasteiger partial charge in [0.1, 0.15) is 11.5 Å². The van der Waals surface area contributed by atoms with Gasteiger partial charge in [-0.15, -0.1) is 0 Å². The highest BCUT2D eigenvalue weighted by molar-refractivity contribution is 5.85. The third-order valence-corrected chi connectivity index (χ3v) is 4.57. The Balaban J connectivity index is 2.40. The molecule has 4 heteroatoms. The van der Waals surface area contributed by atoms with Gasteiger partial charge in [0.05, 0.1) is 14.2 Å². The highest BCUT2D eigenvalue weighted by atomic mass is 16.5. The van der Waals surface area contributed by atoms with Crippen molar-refractivity contribution in [2.45, 2.75) is 26.7 Å². The maximum Gasteiger partial charge on any atom is 0.164 e. The van der Waals surface area contributed by atoms with E-state index in [1.54, 1.807) is 20.3 Å². The highest BCUT2D eigenvalue weighted by Gasteiger charge is 2.28. The van der Waals surface area contributed by atoms with Crippen molar-refractivity contribution in [2.24, 2.45) is 0 Å². The SMILES string of the molecule is COc1c(O)ccc2c1CCc1c(C)c(O)c(C)c(OC)c1-2. The molecule has 0 aromatic heterocycles. The van der Waals surface area contributed by atoms with E-state index in [1.807, 2.05) is 19.9 Å². The molecule has 0 amide bonds. The summed E-state index contributed by atoms with van der Waals surface area (Å²) in [4.78, 5) is 0. The quantitative estimate of drug-likeness (QED) is 0.891. The molecule has 4 nitrogen and oxygen atoms in total. The normalized spacial score (nSPS) is 12.5. The Morgan fingerprint density at radius 1 is 0.864 bits per heavy atom. The second-order valence-electron chi connectivity index (χ2n) is 5.63. The van der Waals surface area contributed by atoms with Gasteiger partial charge in [0, 0.05) is 16.7 Å². The highest BCUT2D eigenvalue weighted by Crippen LogP contribution is 2.50. The molecule has 1 aliphatic carbocycles. The number of benzene rings is 2. The molecule has 2 aromatic carbocycles. The van der Waals surface area contributed by atoms with E-state index in [1.165, 1.54) is 0 Å². The minimum absolute atomic E-state index is 0.149. The maximum absolute atomic E-state index is 10.3. The van der Waals surface area contributed by atoms with Crippen LogP contribution in [0.25, 0.3) is 11.1 Å². The predicted molar refractivity (Wildman–Crippen MR) is 85.2 cm³/mol. The molecule has 0 radical (unpaired) electrons. The topological polar surface area (TPSA) is 58.9 Å². The number of ether oxygens (including phenoxy) is 2. The molecule has 22 heavy (non-hydrogen) atoms. The van der Waals surface area contributed by atoms with E-state index in [-0.39, 0.29) is 5.75 Å². The maximum atomic E-state index is 10.3. The second-order valence-corrected chi connectivity index (χ2v) is 5.63. The van der Waals surface area contributed by atoms with Crippen LogP contribution in [0.3, 0.4) is 0 Å². The number of rotatable bonds is 2. The monoisotopic (exact) mass is 300 g/mol. The Labute approximate surface area is 129 Å². The first kappa shape index (κ1) is 14.6. The van der Waals surface area contributed by atoms with Crippen molar-refractivity contribution in [1.82, 2.24) is 0 Å². The van der Waals surface area contributed by atoms with Gasteiger partial charge in [-0.05, 0) is 55.5 Å². The zero-order chi connectivity index (χ0) is 16.0. The standard InChI is InChI=1S/C18H20O4/c1-9-11-5-6-13-12(7-8-14(19)18(13)22-4)15(11)17(21-3)10(2)16(9)20/h7-8,19-20H,5-6H2,1-4H3. The lowest BCUT2D eigenvalue weighted by Crippen LogP contribution is -2.10. The smallest absolute Gasteiger partial charge is 0.164 e. The number of hydrogen-bond donors (Lipinski definition) is 2. The van der Waals surface area contributed by atoms with Crippen LogP contribution in [0.2, 0.25) is 0 Å². The summed E-state index contributed by atoms with van der Waals surface area (Å²) >= 11 is 0. The molecular weight excluding hydrogens is 280 g/mol. The molecule has 0 atom stereocenters. The zero-order valence-electron chi connectivity index (χ0n) is 13.3. The molecule has 3 rings (SSSR count). The van der Waals surface area contributed by atoms with E-state index in [9.17, 15) is 10.2 Å². The summed E-state index contributed by atoms with van der Waals surface area (Å²) in [6.45, 7) is 3.79. The molecule has 0 spiro atoms. The lowest BCUT2D eigenvalue weighted by atomic mass is 9.81. The molecule has 0 heterocycles. The van der Waals surface area contributed by atoms with Crippen molar-refractivity contribution in [3.05, 3.63) is 34.4 Å². The van der Waals surface area contributed by atoms with E-state index in [0.29, 0.717) is 17.2 Å². The first-order valence-corrected chi connectivity index (χ1v) is 7.29. The van der Waals surface area contributed by atoms with E-state index in [2.05, 4.69) is 0 Å². The van der Waals surface area contributed by atoms with Crippen LogP contribution in [-0.2, 0) is 12.8 Å². The molecule has 0 unspecified atom stereocenters. The Hall–Kier alpha value is -2.36. The largest absolute Gasteiger partial charge is 0.507 e. The minimum Gasteiger partial charge on any atom is -0.507 e. The van der Waals surface area contributed by atoms with Gasteiger partial charge < -0.3 is 19.7 Å². The van der Waals surface area contributed by atoms with E-state index >= 15 is 0 Å². The van der Waals surface area contributed by atoms with E-state index in [4.69, 9.17) is 9.47 Å². The summed E-state index contributed by atoms with van der Waals surface area (Å²) in [6, 6.07) is 3.54. The lowest BCUT2D eigenvalue weighted by Gasteiger charge is -2.27. The van der Waals surface area contributed by atoms with Gasteiger partial charge in [-0.25, -0.2) is 0 Å². The summed E-state index contributed by atoms with van der Waals surface area (Å²) in [5, 5.41) is 20.3. The zero-order valence-corrected chi connectivity index (χ0v) is 13.3. The van der Waals surface area contributed by atoms with Gasteiger partial charge in [-0.3, -0.25) is 0 Å². The Morgan fingerprint density at radius 2 is 1.50 bits per heavy atom. The summed E-state index contributed by atoms with van der Waals surface area (Å²) in [5.74, 6) is 1.65. The van der Waals surface area contributed by atoms with E-state index < -0.39 is 0 Å². The second kappa shape index (κ2) is 5.13. The fourth-order valence-corrected chi connectivity index (χ4v) is 3.47. The molecule has 116 valence electrons. The molecule has 2 aromatic rings. The van der Waals surface area contributed by atoms with Crippen LogP contribution in [0.5, 0.6) is 23.0 Å². The third-order valence-electron chi connectivity index (χ3n) is 4.57. The van der Waals surface area contributed by atoms with Gasteiger partial charge in [-0.1, -0.05) is 0 Å². The molecule has 0 bridgehead atoms.